The van der Waals surface area contributed by atoms with Crippen LogP contribution < -0.4 is 10.7 Å². The Morgan fingerprint density at radius 2 is 1.96 bits per heavy atom. The smallest absolute Gasteiger partial charge is 0.341 e. The Hall–Kier alpha value is -3.48. The summed E-state index contributed by atoms with van der Waals surface area (Å²) in [6.45, 7) is 3.35. The van der Waals surface area contributed by atoms with Gasteiger partial charge in [0.1, 0.15) is 11.4 Å². The Labute approximate surface area is 160 Å². The van der Waals surface area contributed by atoms with E-state index in [9.17, 15) is 19.5 Å². The molecule has 1 aromatic carbocycles. The predicted octanol–water partition coefficient (Wildman–Crippen LogP) is 3.36. The van der Waals surface area contributed by atoms with Gasteiger partial charge in [-0.3, -0.25) is 9.59 Å². The zero-order valence-corrected chi connectivity index (χ0v) is 15.5. The number of carbonyl (C=O) groups is 2. The minimum absolute atomic E-state index is 0.190. The van der Waals surface area contributed by atoms with E-state index in [1.54, 1.807) is 18.3 Å². The summed E-state index contributed by atoms with van der Waals surface area (Å²) in [6.07, 6.45) is 5.07. The van der Waals surface area contributed by atoms with Gasteiger partial charge in [0, 0.05) is 36.3 Å². The molecular formula is C21H19N3O4. The highest BCUT2D eigenvalue weighted by atomic mass is 16.4. The highest BCUT2D eigenvalue weighted by Gasteiger charge is 2.28. The van der Waals surface area contributed by atoms with Crippen molar-refractivity contribution in [2.75, 3.05) is 5.32 Å². The second-order valence-corrected chi connectivity index (χ2v) is 7.06. The second kappa shape index (κ2) is 6.60. The first-order valence-corrected chi connectivity index (χ1v) is 9.02. The van der Waals surface area contributed by atoms with Gasteiger partial charge in [0.15, 0.2) is 0 Å². The van der Waals surface area contributed by atoms with Gasteiger partial charge in [0.25, 0.3) is 0 Å². The number of pyridine rings is 2. The number of hydrogen-bond donors (Lipinski definition) is 2. The van der Waals surface area contributed by atoms with Gasteiger partial charge < -0.3 is 15.0 Å². The van der Waals surface area contributed by atoms with Crippen molar-refractivity contribution in [2.45, 2.75) is 32.7 Å². The molecule has 7 heteroatoms. The molecule has 1 saturated carbocycles. The van der Waals surface area contributed by atoms with E-state index in [0.717, 1.165) is 35.0 Å². The quantitative estimate of drug-likeness (QED) is 0.726. The van der Waals surface area contributed by atoms with Crippen molar-refractivity contribution in [3.05, 3.63) is 58.0 Å². The summed E-state index contributed by atoms with van der Waals surface area (Å²) >= 11 is 0. The van der Waals surface area contributed by atoms with Crippen LogP contribution in [-0.4, -0.2) is 26.5 Å². The Morgan fingerprint density at radius 1 is 1.21 bits per heavy atom. The SMILES string of the molecule is CC(=O)Nc1ccc(-c2ccc3c(=O)c(C(=O)O)cn(C4CC4)c3c2C)cn1. The number of amides is 1. The molecule has 1 aliphatic rings. The molecule has 0 saturated heterocycles. The van der Waals surface area contributed by atoms with E-state index in [0.29, 0.717) is 11.2 Å². The van der Waals surface area contributed by atoms with Gasteiger partial charge in [-0.15, -0.1) is 0 Å². The number of aryl methyl sites for hydroxylation is 1. The third-order valence-corrected chi connectivity index (χ3v) is 5.00. The summed E-state index contributed by atoms with van der Waals surface area (Å²) in [5.74, 6) is -0.929. The molecule has 28 heavy (non-hydrogen) atoms. The maximum atomic E-state index is 12.7. The number of nitrogens with one attached hydrogen (secondary N) is 1. The van der Waals surface area contributed by atoms with Crippen molar-refractivity contribution < 1.29 is 14.7 Å². The Kier molecular flexibility index (Phi) is 4.22. The van der Waals surface area contributed by atoms with Crippen LogP contribution in [0.5, 0.6) is 0 Å². The van der Waals surface area contributed by atoms with Crippen molar-refractivity contribution in [3.63, 3.8) is 0 Å². The first-order valence-electron chi connectivity index (χ1n) is 9.02. The van der Waals surface area contributed by atoms with Crippen LogP contribution in [0.4, 0.5) is 5.82 Å². The zero-order chi connectivity index (χ0) is 20.0. The van der Waals surface area contributed by atoms with Crippen LogP contribution in [0.2, 0.25) is 0 Å². The molecule has 0 unspecified atom stereocenters. The topological polar surface area (TPSA) is 101 Å². The van der Waals surface area contributed by atoms with Crippen molar-refractivity contribution >= 4 is 28.6 Å². The van der Waals surface area contributed by atoms with E-state index >= 15 is 0 Å². The lowest BCUT2D eigenvalue weighted by molar-refractivity contribution is -0.114. The lowest BCUT2D eigenvalue weighted by Crippen LogP contribution is -2.19. The molecule has 1 aliphatic carbocycles. The van der Waals surface area contributed by atoms with E-state index < -0.39 is 11.4 Å². The Morgan fingerprint density at radius 3 is 2.54 bits per heavy atom. The summed E-state index contributed by atoms with van der Waals surface area (Å²) in [7, 11) is 0. The number of fused-ring (bicyclic) bond motifs is 1. The fourth-order valence-electron chi connectivity index (χ4n) is 3.54. The van der Waals surface area contributed by atoms with Gasteiger partial charge >= 0.3 is 5.97 Å². The van der Waals surface area contributed by atoms with E-state index in [1.165, 1.54) is 13.1 Å². The number of carboxylic acids is 1. The number of benzene rings is 1. The summed E-state index contributed by atoms with van der Waals surface area (Å²) in [5, 5.41) is 12.4. The molecule has 2 N–H and O–H groups in total. The number of aromatic carboxylic acids is 1. The normalized spacial score (nSPS) is 13.5. The standard InChI is InChI=1S/C21H19N3O4/c1-11-15(13-3-8-18(22-9-13)23-12(2)25)6-7-16-19(11)24(14-4-5-14)10-17(20(16)26)21(27)28/h3,6-10,14H,4-5H2,1-2H3,(H,27,28)(H,22,23,25). The molecule has 2 heterocycles. The van der Waals surface area contributed by atoms with Crippen LogP contribution in [0, 0.1) is 6.92 Å². The molecule has 0 spiro atoms. The number of carboxylic acid groups (broad SMARTS) is 1. The fourth-order valence-corrected chi connectivity index (χ4v) is 3.54. The van der Waals surface area contributed by atoms with Crippen LogP contribution >= 0.6 is 0 Å². The molecule has 4 rings (SSSR count). The predicted molar refractivity (Wildman–Crippen MR) is 106 cm³/mol. The number of hydrogen-bond acceptors (Lipinski definition) is 4. The third kappa shape index (κ3) is 3.05. The summed E-state index contributed by atoms with van der Waals surface area (Å²) < 4.78 is 1.93. The lowest BCUT2D eigenvalue weighted by atomic mass is 9.97. The number of rotatable bonds is 4. The van der Waals surface area contributed by atoms with Crippen molar-refractivity contribution in [1.82, 2.24) is 9.55 Å². The van der Waals surface area contributed by atoms with Gasteiger partial charge in [-0.1, -0.05) is 6.07 Å². The first-order chi connectivity index (χ1) is 13.4. The monoisotopic (exact) mass is 377 g/mol. The molecule has 1 amide bonds. The molecule has 1 fully saturated rings. The van der Waals surface area contributed by atoms with Crippen molar-refractivity contribution in [1.29, 1.82) is 0 Å². The number of carbonyl (C=O) groups excluding carboxylic acids is 1. The largest absolute Gasteiger partial charge is 0.477 e. The van der Waals surface area contributed by atoms with Crippen LogP contribution in [0.3, 0.4) is 0 Å². The molecule has 7 nitrogen and oxygen atoms in total. The molecule has 0 bridgehead atoms. The highest BCUT2D eigenvalue weighted by Crippen LogP contribution is 2.39. The molecule has 0 aliphatic heterocycles. The zero-order valence-electron chi connectivity index (χ0n) is 15.5. The summed E-state index contributed by atoms with van der Waals surface area (Å²) in [6, 6.07) is 7.30. The maximum absolute atomic E-state index is 12.7. The van der Waals surface area contributed by atoms with E-state index in [-0.39, 0.29) is 17.5 Å². The summed E-state index contributed by atoms with van der Waals surface area (Å²) in [4.78, 5) is 39.6. The number of aromatic nitrogens is 2. The van der Waals surface area contributed by atoms with E-state index in [1.807, 2.05) is 23.6 Å². The molecule has 3 aromatic rings. The Bertz CT molecular complexity index is 1170. The maximum Gasteiger partial charge on any atom is 0.341 e. The van der Waals surface area contributed by atoms with Crippen molar-refractivity contribution in [2.24, 2.45) is 0 Å². The molecule has 0 atom stereocenters. The Balaban J connectivity index is 1.90. The van der Waals surface area contributed by atoms with Gasteiger partial charge in [-0.05, 0) is 49.1 Å². The van der Waals surface area contributed by atoms with Crippen LogP contribution in [0.1, 0.15) is 41.7 Å². The highest BCUT2D eigenvalue weighted by molar-refractivity contribution is 5.95. The third-order valence-electron chi connectivity index (χ3n) is 5.00. The average molecular weight is 377 g/mol. The molecule has 142 valence electrons. The molecular weight excluding hydrogens is 358 g/mol. The number of anilines is 1. The van der Waals surface area contributed by atoms with E-state index in [2.05, 4.69) is 10.3 Å². The van der Waals surface area contributed by atoms with Gasteiger partial charge in [0.05, 0.1) is 5.52 Å². The minimum Gasteiger partial charge on any atom is -0.477 e. The molecule has 0 radical (unpaired) electrons. The van der Waals surface area contributed by atoms with Gasteiger partial charge in [0.2, 0.25) is 11.3 Å². The number of nitrogens with zero attached hydrogens (tertiary/aromatic N) is 2. The van der Waals surface area contributed by atoms with Crippen LogP contribution in [0.25, 0.3) is 22.0 Å². The lowest BCUT2D eigenvalue weighted by Gasteiger charge is -2.16. The summed E-state index contributed by atoms with van der Waals surface area (Å²) in [5.41, 5.74) is 2.76. The fraction of sp³-hybridized carbons (Fsp3) is 0.238. The van der Waals surface area contributed by atoms with Crippen LogP contribution in [0.15, 0.2) is 41.5 Å². The average Bonchev–Trinajstić information content (AvgIpc) is 3.48. The van der Waals surface area contributed by atoms with Crippen molar-refractivity contribution in [3.8, 4) is 11.1 Å². The molecule has 2 aromatic heterocycles. The second-order valence-electron chi connectivity index (χ2n) is 7.06. The minimum atomic E-state index is -1.21. The van der Waals surface area contributed by atoms with Gasteiger partial charge in [-0.2, -0.15) is 0 Å². The van der Waals surface area contributed by atoms with Gasteiger partial charge in [-0.25, -0.2) is 9.78 Å². The first kappa shape index (κ1) is 17.9. The van der Waals surface area contributed by atoms with Crippen LogP contribution in [-0.2, 0) is 4.79 Å². The van der Waals surface area contributed by atoms with E-state index in [4.69, 9.17) is 0 Å².